The van der Waals surface area contributed by atoms with Gasteiger partial charge in [0, 0.05) is 23.8 Å². The summed E-state index contributed by atoms with van der Waals surface area (Å²) in [6, 6.07) is 8.31. The highest BCUT2D eigenvalue weighted by Crippen LogP contribution is 2.71. The summed E-state index contributed by atoms with van der Waals surface area (Å²) in [5, 5.41) is 3.14. The number of ether oxygens (including phenoxy) is 2. The molecule has 1 aromatic carbocycles. The molecule has 2 atom stereocenters. The molecule has 0 radical (unpaired) electrons. The predicted octanol–water partition coefficient (Wildman–Crippen LogP) is 2.47. The summed E-state index contributed by atoms with van der Waals surface area (Å²) in [7, 11) is 1.57. The van der Waals surface area contributed by atoms with Crippen LogP contribution in [0, 0.1) is 5.82 Å². The number of aromatic nitrogens is 1. The van der Waals surface area contributed by atoms with Gasteiger partial charge < -0.3 is 19.7 Å². The van der Waals surface area contributed by atoms with E-state index in [1.807, 2.05) is 12.1 Å². The van der Waals surface area contributed by atoms with Crippen LogP contribution in [-0.2, 0) is 11.2 Å². The fourth-order valence-corrected chi connectivity index (χ4v) is 5.06. The summed E-state index contributed by atoms with van der Waals surface area (Å²) < 4.78 is 24.7. The standard InChI is InChI=1S/C22H22FN3O3/c1-28-18-3-2-15(23)8-14(18)10-20(5-6-20)25-19(27)17-9-16(4-7-24-17)26-12-22-11-21(22,26)13-29-22/h2-4,7-9H,5-6,10-13H2,1H3,(H,25,27)/t21?,22-/m1/s1. The van der Waals surface area contributed by atoms with Crippen molar-refractivity contribution in [2.75, 3.05) is 25.2 Å². The molecule has 2 aliphatic heterocycles. The van der Waals surface area contributed by atoms with Gasteiger partial charge in [0.2, 0.25) is 0 Å². The molecule has 2 aromatic rings. The van der Waals surface area contributed by atoms with E-state index in [0.29, 0.717) is 17.9 Å². The first-order chi connectivity index (χ1) is 14.0. The number of nitrogens with one attached hydrogen (secondary N) is 1. The third kappa shape index (κ3) is 2.37. The van der Waals surface area contributed by atoms with E-state index in [1.165, 1.54) is 12.1 Å². The van der Waals surface area contributed by atoms with Crippen LogP contribution in [0.2, 0.25) is 0 Å². The maximum absolute atomic E-state index is 13.7. The second kappa shape index (κ2) is 5.48. The molecular weight excluding hydrogens is 373 g/mol. The molecule has 2 saturated heterocycles. The van der Waals surface area contributed by atoms with Crippen molar-refractivity contribution < 1.29 is 18.7 Å². The van der Waals surface area contributed by atoms with Gasteiger partial charge in [-0.05, 0) is 55.2 Å². The van der Waals surface area contributed by atoms with Crippen LogP contribution in [0.15, 0.2) is 36.5 Å². The highest BCUT2D eigenvalue weighted by molar-refractivity contribution is 5.94. The number of amides is 1. The summed E-state index contributed by atoms with van der Waals surface area (Å²) in [5.74, 6) is 0.145. The zero-order valence-corrected chi connectivity index (χ0v) is 16.2. The Morgan fingerprint density at radius 1 is 1.34 bits per heavy atom. The van der Waals surface area contributed by atoms with Crippen molar-refractivity contribution in [1.29, 1.82) is 0 Å². The molecule has 0 spiro atoms. The minimum atomic E-state index is -0.362. The van der Waals surface area contributed by atoms with E-state index in [-0.39, 0.29) is 28.4 Å². The van der Waals surface area contributed by atoms with Crippen molar-refractivity contribution in [3.8, 4) is 5.75 Å². The van der Waals surface area contributed by atoms with Crippen LogP contribution >= 0.6 is 0 Å². The fraction of sp³-hybridized carbons (Fsp3) is 0.455. The second-order valence-corrected chi connectivity index (χ2v) is 8.84. The lowest BCUT2D eigenvalue weighted by atomic mass is 9.94. The lowest BCUT2D eigenvalue weighted by molar-refractivity contribution is -0.116. The van der Waals surface area contributed by atoms with Crippen LogP contribution in [-0.4, -0.2) is 47.8 Å². The van der Waals surface area contributed by atoms with Crippen molar-refractivity contribution in [2.24, 2.45) is 0 Å². The quantitative estimate of drug-likeness (QED) is 0.814. The SMILES string of the molecule is COc1ccc(F)cc1CC1(NC(=O)c2cc(N3C[C@]45CC34CO5)ccn2)CC1. The Hall–Kier alpha value is -2.67. The number of morpholine rings is 1. The lowest BCUT2D eigenvalue weighted by Crippen LogP contribution is -2.71. The molecular formula is C22H22FN3O3. The molecule has 6 rings (SSSR count). The topological polar surface area (TPSA) is 63.7 Å². The van der Waals surface area contributed by atoms with E-state index >= 15 is 0 Å². The van der Waals surface area contributed by atoms with Crippen LogP contribution in [0.3, 0.4) is 0 Å². The maximum Gasteiger partial charge on any atom is 0.270 e. The number of hydrogen-bond acceptors (Lipinski definition) is 5. The minimum absolute atomic E-state index is 0.0980. The van der Waals surface area contributed by atoms with Gasteiger partial charge in [-0.1, -0.05) is 0 Å². The molecule has 4 fully saturated rings. The summed E-state index contributed by atoms with van der Waals surface area (Å²) in [6.07, 6.45) is 5.02. The van der Waals surface area contributed by atoms with Crippen molar-refractivity contribution in [1.82, 2.24) is 10.3 Å². The molecule has 150 valence electrons. The van der Waals surface area contributed by atoms with Crippen molar-refractivity contribution >= 4 is 11.6 Å². The van der Waals surface area contributed by atoms with Gasteiger partial charge in [-0.15, -0.1) is 0 Å². The van der Waals surface area contributed by atoms with Gasteiger partial charge in [0.1, 0.15) is 22.9 Å². The molecule has 2 aliphatic carbocycles. The molecule has 3 heterocycles. The van der Waals surface area contributed by atoms with Crippen LogP contribution in [0.1, 0.15) is 35.3 Å². The van der Waals surface area contributed by atoms with Crippen LogP contribution < -0.4 is 15.0 Å². The number of nitrogens with zero attached hydrogens (tertiary/aromatic N) is 2. The van der Waals surface area contributed by atoms with Gasteiger partial charge in [0.05, 0.1) is 25.8 Å². The van der Waals surface area contributed by atoms with Gasteiger partial charge >= 0.3 is 0 Å². The number of benzene rings is 1. The van der Waals surface area contributed by atoms with Gasteiger partial charge in [-0.25, -0.2) is 4.39 Å². The molecule has 1 N–H and O–H groups in total. The first kappa shape index (κ1) is 17.2. The third-order valence-electron chi connectivity index (χ3n) is 7.11. The molecule has 4 aliphatic rings. The molecule has 2 saturated carbocycles. The number of halogens is 1. The zero-order chi connectivity index (χ0) is 19.9. The van der Waals surface area contributed by atoms with Crippen LogP contribution in [0.5, 0.6) is 5.75 Å². The average molecular weight is 395 g/mol. The average Bonchev–Trinajstić information content (AvgIpc) is 3.49. The fourth-order valence-electron chi connectivity index (χ4n) is 5.06. The van der Waals surface area contributed by atoms with E-state index in [1.54, 1.807) is 19.4 Å². The zero-order valence-electron chi connectivity index (χ0n) is 16.2. The first-order valence-corrected chi connectivity index (χ1v) is 10.0. The Balaban J connectivity index is 1.18. The molecule has 1 unspecified atom stereocenters. The normalized spacial score (nSPS) is 29.7. The third-order valence-corrected chi connectivity index (χ3v) is 7.11. The smallest absolute Gasteiger partial charge is 0.270 e. The molecule has 29 heavy (non-hydrogen) atoms. The Kier molecular flexibility index (Phi) is 3.25. The summed E-state index contributed by atoms with van der Waals surface area (Å²) >= 11 is 0. The molecule has 6 nitrogen and oxygen atoms in total. The van der Waals surface area contributed by atoms with Crippen LogP contribution in [0.25, 0.3) is 0 Å². The van der Waals surface area contributed by atoms with E-state index in [0.717, 1.165) is 43.7 Å². The molecule has 1 aromatic heterocycles. The number of hydrogen-bond donors (Lipinski definition) is 1. The van der Waals surface area contributed by atoms with Crippen LogP contribution in [0.4, 0.5) is 10.1 Å². The largest absolute Gasteiger partial charge is 0.496 e. The number of anilines is 1. The second-order valence-electron chi connectivity index (χ2n) is 8.84. The Labute approximate surface area is 168 Å². The van der Waals surface area contributed by atoms with Gasteiger partial charge in [0.25, 0.3) is 5.91 Å². The Bertz CT molecular complexity index is 1040. The van der Waals surface area contributed by atoms with E-state index in [4.69, 9.17) is 9.47 Å². The van der Waals surface area contributed by atoms with Crippen molar-refractivity contribution in [3.63, 3.8) is 0 Å². The van der Waals surface area contributed by atoms with E-state index < -0.39 is 0 Å². The lowest BCUT2D eigenvalue weighted by Gasteiger charge is -2.55. The molecule has 0 bridgehead atoms. The highest BCUT2D eigenvalue weighted by atomic mass is 19.1. The Morgan fingerprint density at radius 3 is 2.83 bits per heavy atom. The summed E-state index contributed by atoms with van der Waals surface area (Å²) in [5.41, 5.74) is 2.11. The maximum atomic E-state index is 13.7. The minimum Gasteiger partial charge on any atom is -0.496 e. The summed E-state index contributed by atoms with van der Waals surface area (Å²) in [4.78, 5) is 19.5. The highest BCUT2D eigenvalue weighted by Gasteiger charge is 2.87. The van der Waals surface area contributed by atoms with Crippen molar-refractivity contribution in [3.05, 3.63) is 53.6 Å². The number of rotatable bonds is 6. The van der Waals surface area contributed by atoms with E-state index in [9.17, 15) is 9.18 Å². The van der Waals surface area contributed by atoms with Gasteiger partial charge in [0.15, 0.2) is 0 Å². The van der Waals surface area contributed by atoms with Crippen molar-refractivity contribution in [2.45, 2.75) is 42.4 Å². The predicted molar refractivity (Wildman–Crippen MR) is 104 cm³/mol. The van der Waals surface area contributed by atoms with Gasteiger partial charge in [-0.3, -0.25) is 9.78 Å². The number of carbonyl (C=O) groups is 1. The molecule has 7 heteroatoms. The Morgan fingerprint density at radius 2 is 2.21 bits per heavy atom. The van der Waals surface area contributed by atoms with Gasteiger partial charge in [-0.2, -0.15) is 0 Å². The first-order valence-electron chi connectivity index (χ1n) is 10.0. The monoisotopic (exact) mass is 395 g/mol. The van der Waals surface area contributed by atoms with E-state index in [2.05, 4.69) is 15.2 Å². The number of carbonyl (C=O) groups excluding carboxylic acids is 1. The number of pyridine rings is 1. The summed E-state index contributed by atoms with van der Waals surface area (Å²) in [6.45, 7) is 1.66. The molecule has 1 amide bonds. The number of methoxy groups -OCH3 is 1.